The minimum Gasteiger partial charge on any atom is -0.349 e. The van der Waals surface area contributed by atoms with Crippen LogP contribution in [0.1, 0.15) is 92.0 Å². The lowest BCUT2D eigenvalue weighted by molar-refractivity contribution is -0.144. The SMILES string of the molecule is C=Nn1cc([C@@H](NC(=O)c2nonc2CN2CC(F)(F)C2)C2CCC(F)(F)CC2)nc1/C=C(\C)[C@H](NC(=O)CCC(F)(F)F)C1CC1. The minimum absolute atomic E-state index is 0.0318. The molecule has 0 spiro atoms. The summed E-state index contributed by atoms with van der Waals surface area (Å²) in [5.74, 6) is -7.42. The van der Waals surface area contributed by atoms with Gasteiger partial charge in [0.15, 0.2) is 11.5 Å². The van der Waals surface area contributed by atoms with Crippen molar-refractivity contribution in [3.05, 3.63) is 34.7 Å². The van der Waals surface area contributed by atoms with E-state index in [0.29, 0.717) is 5.57 Å². The molecule has 11 nitrogen and oxygen atoms in total. The van der Waals surface area contributed by atoms with E-state index in [1.165, 1.54) is 15.8 Å². The first kappa shape index (κ1) is 34.5. The first-order valence-corrected chi connectivity index (χ1v) is 15.2. The molecule has 1 aliphatic heterocycles. The van der Waals surface area contributed by atoms with E-state index < -0.39 is 86.6 Å². The van der Waals surface area contributed by atoms with Crippen LogP contribution in [0.5, 0.6) is 0 Å². The molecular formula is C29H35F7N8O3. The maximum absolute atomic E-state index is 14.1. The summed E-state index contributed by atoms with van der Waals surface area (Å²) in [4.78, 5) is 31.8. The van der Waals surface area contributed by atoms with Crippen LogP contribution in [0.3, 0.4) is 0 Å². The minimum atomic E-state index is -4.47. The van der Waals surface area contributed by atoms with Crippen molar-refractivity contribution in [3.63, 3.8) is 0 Å². The van der Waals surface area contributed by atoms with Gasteiger partial charge in [0, 0.05) is 32.5 Å². The van der Waals surface area contributed by atoms with Crippen LogP contribution in [0, 0.1) is 11.8 Å². The summed E-state index contributed by atoms with van der Waals surface area (Å²) in [6.45, 7) is 4.11. The highest BCUT2D eigenvalue weighted by atomic mass is 19.4. The maximum atomic E-state index is 14.1. The van der Waals surface area contributed by atoms with E-state index >= 15 is 0 Å². The van der Waals surface area contributed by atoms with Gasteiger partial charge in [-0.25, -0.2) is 31.9 Å². The fourth-order valence-corrected chi connectivity index (χ4v) is 6.05. The summed E-state index contributed by atoms with van der Waals surface area (Å²) >= 11 is 0. The maximum Gasteiger partial charge on any atom is 0.389 e. The molecule has 2 aromatic heterocycles. The van der Waals surface area contributed by atoms with Gasteiger partial charge in [0.1, 0.15) is 5.69 Å². The molecule has 47 heavy (non-hydrogen) atoms. The third-order valence-electron chi connectivity index (χ3n) is 8.67. The summed E-state index contributed by atoms with van der Waals surface area (Å²) < 4.78 is 98.8. The van der Waals surface area contributed by atoms with Gasteiger partial charge >= 0.3 is 6.18 Å². The smallest absolute Gasteiger partial charge is 0.349 e. The predicted octanol–water partition coefficient (Wildman–Crippen LogP) is 5.12. The fourth-order valence-electron chi connectivity index (χ4n) is 6.05. The quantitative estimate of drug-likeness (QED) is 0.223. The number of carbonyl (C=O) groups excluding carboxylic acids is 2. The van der Waals surface area contributed by atoms with Gasteiger partial charge in [0.2, 0.25) is 11.8 Å². The molecule has 3 heterocycles. The number of imidazole rings is 1. The van der Waals surface area contributed by atoms with Crippen LogP contribution < -0.4 is 10.6 Å². The Hall–Kier alpha value is -3.83. The molecule has 2 N–H and O–H groups in total. The summed E-state index contributed by atoms with van der Waals surface area (Å²) in [5.41, 5.74) is 0.658. The molecule has 0 aromatic carbocycles. The lowest BCUT2D eigenvalue weighted by Crippen LogP contribution is -2.55. The Bertz CT molecular complexity index is 1480. The second-order valence-corrected chi connectivity index (χ2v) is 12.6. The molecule has 2 atom stereocenters. The molecule has 18 heteroatoms. The number of alkyl halides is 7. The van der Waals surface area contributed by atoms with Crippen LogP contribution in [0.15, 0.2) is 21.5 Å². The van der Waals surface area contributed by atoms with Gasteiger partial charge < -0.3 is 10.6 Å². The van der Waals surface area contributed by atoms with Crippen molar-refractivity contribution in [2.75, 3.05) is 13.1 Å². The third kappa shape index (κ3) is 8.96. The number of aromatic nitrogens is 4. The number of halogens is 7. The van der Waals surface area contributed by atoms with Crippen molar-refractivity contribution in [1.29, 1.82) is 0 Å². The molecule has 3 fully saturated rings. The molecule has 2 amide bonds. The number of carbonyl (C=O) groups is 2. The Morgan fingerprint density at radius 2 is 1.77 bits per heavy atom. The van der Waals surface area contributed by atoms with Crippen LogP contribution in [0.2, 0.25) is 0 Å². The number of rotatable bonds is 13. The molecule has 0 unspecified atom stereocenters. The summed E-state index contributed by atoms with van der Waals surface area (Å²) in [6.07, 6.45) is -2.51. The Balaban J connectivity index is 1.37. The number of hydrogen-bond acceptors (Lipinski definition) is 8. The second kappa shape index (κ2) is 13.4. The van der Waals surface area contributed by atoms with Gasteiger partial charge in [-0.1, -0.05) is 5.16 Å². The normalized spacial score (nSPS) is 21.5. The van der Waals surface area contributed by atoms with E-state index in [1.807, 2.05) is 0 Å². The van der Waals surface area contributed by atoms with Gasteiger partial charge in [0.25, 0.3) is 11.8 Å². The van der Waals surface area contributed by atoms with Crippen LogP contribution in [-0.4, -0.2) is 80.6 Å². The van der Waals surface area contributed by atoms with Crippen molar-refractivity contribution >= 4 is 24.6 Å². The zero-order chi connectivity index (χ0) is 34.1. The Labute approximate surface area is 265 Å². The van der Waals surface area contributed by atoms with Crippen LogP contribution in [-0.2, 0) is 11.3 Å². The van der Waals surface area contributed by atoms with E-state index in [9.17, 15) is 40.3 Å². The molecule has 1 saturated heterocycles. The average Bonchev–Trinajstić information content (AvgIpc) is 3.57. The van der Waals surface area contributed by atoms with Crippen LogP contribution in [0.25, 0.3) is 6.08 Å². The van der Waals surface area contributed by atoms with E-state index in [1.54, 1.807) is 13.0 Å². The van der Waals surface area contributed by atoms with Gasteiger partial charge in [0.05, 0.1) is 43.5 Å². The molecule has 2 saturated carbocycles. The number of amides is 2. The molecule has 2 aromatic rings. The Morgan fingerprint density at radius 1 is 1.09 bits per heavy atom. The van der Waals surface area contributed by atoms with E-state index in [2.05, 4.69) is 37.7 Å². The molecular weight excluding hydrogens is 641 g/mol. The Morgan fingerprint density at radius 3 is 2.36 bits per heavy atom. The van der Waals surface area contributed by atoms with Gasteiger partial charge in [-0.2, -0.15) is 18.3 Å². The highest BCUT2D eigenvalue weighted by molar-refractivity contribution is 5.93. The van der Waals surface area contributed by atoms with E-state index in [0.717, 1.165) is 12.8 Å². The first-order chi connectivity index (χ1) is 22.0. The third-order valence-corrected chi connectivity index (χ3v) is 8.67. The van der Waals surface area contributed by atoms with Gasteiger partial charge in [-0.15, -0.1) is 0 Å². The molecule has 2 aliphatic carbocycles. The largest absolute Gasteiger partial charge is 0.389 e. The number of nitrogens with zero attached hydrogens (tertiary/aromatic N) is 6. The summed E-state index contributed by atoms with van der Waals surface area (Å²) in [7, 11) is 0. The number of likely N-dealkylation sites (tertiary alicyclic amines) is 1. The van der Waals surface area contributed by atoms with E-state index in [-0.39, 0.29) is 48.2 Å². The molecule has 0 radical (unpaired) electrons. The average molecular weight is 677 g/mol. The summed E-state index contributed by atoms with van der Waals surface area (Å²) in [5, 5.41) is 16.8. The van der Waals surface area contributed by atoms with Crippen LogP contribution in [0.4, 0.5) is 30.7 Å². The lowest BCUT2D eigenvalue weighted by atomic mass is 9.81. The Kier molecular flexibility index (Phi) is 9.80. The molecule has 258 valence electrons. The monoisotopic (exact) mass is 676 g/mol. The van der Waals surface area contributed by atoms with Crippen molar-refractivity contribution in [2.45, 2.75) is 94.9 Å². The molecule has 5 rings (SSSR count). The zero-order valence-corrected chi connectivity index (χ0v) is 25.5. The lowest BCUT2D eigenvalue weighted by Gasteiger charge is -2.38. The highest BCUT2D eigenvalue weighted by Crippen LogP contribution is 2.42. The van der Waals surface area contributed by atoms with E-state index in [4.69, 9.17) is 4.63 Å². The highest BCUT2D eigenvalue weighted by Gasteiger charge is 2.45. The van der Waals surface area contributed by atoms with Gasteiger partial charge in [-0.05, 0) is 61.2 Å². The van der Waals surface area contributed by atoms with Gasteiger partial charge in [-0.3, -0.25) is 14.5 Å². The standard InChI is InChI=1S/C29H35F7N8O3/c1-16(23(17-3-4-17)39-22(45)7-10-29(34,35)36)11-21-38-19(13-44(21)37-2)24(18-5-8-27(30,31)9-6-18)40-26(46)25-20(41-47-42-25)12-43-14-28(32,33)15-43/h11,13,17-18,23-24H,2-10,12,14-15H2,1H3,(H,39,45)(H,40,46)/b16-11+/t23-,24-/m0/s1. The molecule has 0 bridgehead atoms. The second-order valence-electron chi connectivity index (χ2n) is 12.6. The molecule has 3 aliphatic rings. The summed E-state index contributed by atoms with van der Waals surface area (Å²) in [6, 6.07) is -1.46. The van der Waals surface area contributed by atoms with Crippen molar-refractivity contribution in [3.8, 4) is 0 Å². The van der Waals surface area contributed by atoms with Crippen molar-refractivity contribution in [2.24, 2.45) is 16.9 Å². The number of nitrogens with one attached hydrogen (secondary N) is 2. The number of hydrogen-bond donors (Lipinski definition) is 2. The van der Waals surface area contributed by atoms with Crippen molar-refractivity contribution < 1.29 is 45.0 Å². The zero-order valence-electron chi connectivity index (χ0n) is 25.5. The van der Waals surface area contributed by atoms with Crippen LogP contribution >= 0.6 is 0 Å². The fraction of sp³-hybridized carbons (Fsp3) is 0.655. The van der Waals surface area contributed by atoms with Crippen molar-refractivity contribution in [1.82, 2.24) is 35.5 Å². The topological polar surface area (TPSA) is 131 Å². The first-order valence-electron chi connectivity index (χ1n) is 15.2. The predicted molar refractivity (Wildman–Crippen MR) is 152 cm³/mol.